The molecule has 0 bridgehead atoms. The Morgan fingerprint density at radius 1 is 1.24 bits per heavy atom. The maximum absolute atomic E-state index is 13.2. The normalized spacial score (nSPS) is 23.9. The lowest BCUT2D eigenvalue weighted by atomic mass is 9.85. The van der Waals surface area contributed by atoms with Crippen LogP contribution in [0.2, 0.25) is 4.34 Å². The van der Waals surface area contributed by atoms with Gasteiger partial charge in [0.05, 0.1) is 10.9 Å². The topological polar surface area (TPSA) is 74.4 Å². The van der Waals surface area contributed by atoms with Gasteiger partial charge in [0.15, 0.2) is 11.7 Å². The number of nitrogens with zero attached hydrogens (tertiary/aromatic N) is 3. The van der Waals surface area contributed by atoms with Crippen molar-refractivity contribution in [3.05, 3.63) is 16.5 Å². The van der Waals surface area contributed by atoms with Crippen LogP contribution in [0.4, 0.5) is 0 Å². The van der Waals surface area contributed by atoms with Gasteiger partial charge < -0.3 is 29.5 Å². The Hall–Kier alpha value is -1.39. The molecule has 8 nitrogen and oxygen atoms in total. The van der Waals surface area contributed by atoms with Crippen LogP contribution in [-0.4, -0.2) is 106 Å². The van der Waals surface area contributed by atoms with E-state index in [1.807, 2.05) is 4.90 Å². The number of carbonyl (C=O) groups excluding carboxylic acids is 2. The number of ether oxygens (including phenoxy) is 2. The van der Waals surface area contributed by atoms with E-state index in [4.69, 9.17) is 21.1 Å². The second-order valence-corrected chi connectivity index (χ2v) is 10.8. The van der Waals surface area contributed by atoms with Gasteiger partial charge in [-0.2, -0.15) is 0 Å². The molecule has 2 aliphatic rings. The summed E-state index contributed by atoms with van der Waals surface area (Å²) in [6.45, 7) is 3.94. The molecule has 0 spiro atoms. The summed E-state index contributed by atoms with van der Waals surface area (Å²) in [4.78, 5) is 31.8. The van der Waals surface area contributed by atoms with E-state index in [1.165, 1.54) is 11.3 Å². The van der Waals surface area contributed by atoms with E-state index in [-0.39, 0.29) is 25.0 Å². The Labute approximate surface area is 206 Å². The van der Waals surface area contributed by atoms with E-state index in [9.17, 15) is 9.59 Å². The van der Waals surface area contributed by atoms with Gasteiger partial charge in [0.1, 0.15) is 6.04 Å². The second kappa shape index (κ2) is 12.9. The van der Waals surface area contributed by atoms with Crippen molar-refractivity contribution in [2.45, 2.75) is 37.8 Å². The van der Waals surface area contributed by atoms with Crippen LogP contribution in [0.3, 0.4) is 0 Å². The molecular weight excluding hydrogens is 464 g/mol. The lowest BCUT2D eigenvalue weighted by molar-refractivity contribution is -0.155. The predicted octanol–water partition coefficient (Wildman–Crippen LogP) is 2.18. The minimum atomic E-state index is -0.601. The molecule has 2 heterocycles. The molecule has 33 heavy (non-hydrogen) atoms. The molecule has 3 rings (SSSR count). The number of carbonyl (C=O) groups is 2. The average Bonchev–Trinajstić information content (AvgIpc) is 3.21. The van der Waals surface area contributed by atoms with Crippen molar-refractivity contribution < 1.29 is 19.1 Å². The monoisotopic (exact) mass is 500 g/mol. The zero-order valence-corrected chi connectivity index (χ0v) is 21.5. The van der Waals surface area contributed by atoms with Crippen molar-refractivity contribution in [3.8, 4) is 5.06 Å². The fourth-order valence-corrected chi connectivity index (χ4v) is 5.45. The number of nitrogens with one attached hydrogen (secondary N) is 1. The number of hydrogen-bond donors (Lipinski definition) is 1. The van der Waals surface area contributed by atoms with Crippen molar-refractivity contribution in [2.24, 2.45) is 5.92 Å². The van der Waals surface area contributed by atoms with E-state index in [0.29, 0.717) is 34.4 Å². The summed E-state index contributed by atoms with van der Waals surface area (Å²) < 4.78 is 11.5. The summed E-state index contributed by atoms with van der Waals surface area (Å²) in [6, 6.07) is 3.44. The number of methoxy groups -OCH3 is 1. The van der Waals surface area contributed by atoms with E-state index in [1.54, 1.807) is 24.1 Å². The summed E-state index contributed by atoms with van der Waals surface area (Å²) in [5, 5.41) is 4.24. The number of rotatable bonds is 11. The molecule has 10 heteroatoms. The molecule has 1 N–H and O–H groups in total. The Bertz CT molecular complexity index is 769. The molecule has 0 radical (unpaired) electrons. The Balaban J connectivity index is 1.47. The number of thiophene rings is 1. The molecule has 1 atom stereocenters. The van der Waals surface area contributed by atoms with Crippen LogP contribution in [0.15, 0.2) is 12.1 Å². The quantitative estimate of drug-likeness (QED) is 0.502. The fourth-order valence-electron chi connectivity index (χ4n) is 4.58. The van der Waals surface area contributed by atoms with Crippen LogP contribution in [0.25, 0.3) is 0 Å². The maximum atomic E-state index is 13.2. The third-order valence-corrected chi connectivity index (χ3v) is 7.58. The van der Waals surface area contributed by atoms with Gasteiger partial charge >= 0.3 is 0 Å². The average molecular weight is 501 g/mol. The Morgan fingerprint density at radius 2 is 2.00 bits per heavy atom. The van der Waals surface area contributed by atoms with Crippen LogP contribution in [0.1, 0.15) is 25.7 Å². The van der Waals surface area contributed by atoms with Crippen LogP contribution < -0.4 is 10.1 Å². The van der Waals surface area contributed by atoms with Gasteiger partial charge in [-0.15, -0.1) is 0 Å². The van der Waals surface area contributed by atoms with Crippen molar-refractivity contribution in [1.29, 1.82) is 0 Å². The summed E-state index contributed by atoms with van der Waals surface area (Å²) >= 11 is 7.20. The van der Waals surface area contributed by atoms with Crippen LogP contribution in [-0.2, 0) is 14.3 Å². The van der Waals surface area contributed by atoms with Gasteiger partial charge in [0.2, 0.25) is 5.91 Å². The molecule has 1 saturated heterocycles. The zero-order valence-electron chi connectivity index (χ0n) is 19.9. The smallest absolute Gasteiger partial charge is 0.261 e. The SMILES string of the molecule is COC[C@H]1C(=O)N(CC2CCC(NCCN(C)C)CC2)CCN1C(=O)COc1ccc(Cl)s1. The lowest BCUT2D eigenvalue weighted by Crippen LogP contribution is -2.61. The van der Waals surface area contributed by atoms with Gasteiger partial charge in [-0.1, -0.05) is 22.9 Å². The molecule has 0 unspecified atom stereocenters. The Kier molecular flexibility index (Phi) is 10.2. The molecule has 2 amide bonds. The van der Waals surface area contributed by atoms with E-state index >= 15 is 0 Å². The zero-order chi connectivity index (χ0) is 23.8. The minimum absolute atomic E-state index is 0.0261. The molecule has 1 aromatic rings. The third-order valence-electron chi connectivity index (χ3n) is 6.43. The summed E-state index contributed by atoms with van der Waals surface area (Å²) in [7, 11) is 5.74. The van der Waals surface area contributed by atoms with Crippen molar-refractivity contribution in [1.82, 2.24) is 20.0 Å². The van der Waals surface area contributed by atoms with Gasteiger partial charge in [-0.05, 0) is 57.8 Å². The highest BCUT2D eigenvalue weighted by atomic mass is 35.5. The molecular formula is C23H37ClN4O4S. The molecule has 0 aromatic carbocycles. The summed E-state index contributed by atoms with van der Waals surface area (Å²) in [5.41, 5.74) is 0. The van der Waals surface area contributed by atoms with E-state index < -0.39 is 6.04 Å². The lowest BCUT2D eigenvalue weighted by Gasteiger charge is -2.42. The van der Waals surface area contributed by atoms with Crippen LogP contribution in [0.5, 0.6) is 5.06 Å². The molecule has 1 aliphatic carbocycles. The molecule has 1 saturated carbocycles. The number of amides is 2. The van der Waals surface area contributed by atoms with Crippen molar-refractivity contribution in [2.75, 3.05) is 67.1 Å². The largest absolute Gasteiger partial charge is 0.474 e. The van der Waals surface area contributed by atoms with Crippen molar-refractivity contribution >= 4 is 34.8 Å². The van der Waals surface area contributed by atoms with E-state index in [0.717, 1.165) is 45.3 Å². The second-order valence-electron chi connectivity index (χ2n) is 9.16. The highest BCUT2D eigenvalue weighted by Crippen LogP contribution is 2.29. The first-order valence-electron chi connectivity index (χ1n) is 11.7. The highest BCUT2D eigenvalue weighted by Gasteiger charge is 2.38. The highest BCUT2D eigenvalue weighted by molar-refractivity contribution is 7.17. The summed E-state index contributed by atoms with van der Waals surface area (Å²) in [5.74, 6) is 0.277. The molecule has 1 aliphatic heterocycles. The van der Waals surface area contributed by atoms with Gasteiger partial charge in [-0.25, -0.2) is 0 Å². The standard InChI is InChI=1S/C23H37ClN4O4S/c1-26(2)11-10-25-18-6-4-17(5-7-18)14-27-12-13-28(19(15-31-3)23(27)30)21(29)16-32-22-9-8-20(24)33-22/h8-9,17-19,25H,4-7,10-16H2,1-3H3/t17?,18?,19-/m0/s1. The van der Waals surface area contributed by atoms with E-state index in [2.05, 4.69) is 24.3 Å². The first-order valence-corrected chi connectivity index (χ1v) is 12.9. The van der Waals surface area contributed by atoms with Crippen LogP contribution in [0, 0.1) is 5.92 Å². The van der Waals surface area contributed by atoms with Gasteiger partial charge in [0, 0.05) is 45.9 Å². The number of likely N-dealkylation sites (N-methyl/N-ethyl adjacent to an activating group) is 1. The molecule has 186 valence electrons. The summed E-state index contributed by atoms with van der Waals surface area (Å²) in [6.07, 6.45) is 4.54. The minimum Gasteiger partial charge on any atom is -0.474 e. The first-order chi connectivity index (χ1) is 15.9. The Morgan fingerprint density at radius 3 is 2.64 bits per heavy atom. The van der Waals surface area contributed by atoms with Gasteiger partial charge in [0.25, 0.3) is 5.91 Å². The molecule has 1 aromatic heterocycles. The first kappa shape index (κ1) is 26.2. The van der Waals surface area contributed by atoms with Crippen molar-refractivity contribution in [3.63, 3.8) is 0 Å². The van der Waals surface area contributed by atoms with Gasteiger partial charge in [-0.3, -0.25) is 9.59 Å². The maximum Gasteiger partial charge on any atom is 0.261 e. The number of piperazine rings is 1. The predicted molar refractivity (Wildman–Crippen MR) is 131 cm³/mol. The molecule has 2 fully saturated rings. The third kappa shape index (κ3) is 7.82. The van der Waals surface area contributed by atoms with Crippen LogP contribution >= 0.6 is 22.9 Å². The fraction of sp³-hybridized carbons (Fsp3) is 0.739. The number of halogens is 1. The number of hydrogen-bond acceptors (Lipinski definition) is 7.